The molecule has 6 heteroatoms. The van der Waals surface area contributed by atoms with Crippen LogP contribution in [0.15, 0.2) is 41.6 Å². The molecule has 1 N–H and O–H groups in total. The highest BCUT2D eigenvalue weighted by atomic mass is 32.2. The normalized spacial score (nSPS) is 12.2. The Morgan fingerprint density at radius 3 is 2.85 bits per heavy atom. The number of aromatic amines is 1. The van der Waals surface area contributed by atoms with Crippen molar-refractivity contribution in [2.75, 3.05) is 5.75 Å². The standard InChI is InChI=1S/C14H10N4OS/c1-2-7-20(19)13-6-4-3-5-10(13)14-17-11-8-15-16-9-12(11)18-14/h1,3-6,8-9H,7H2,(H,17,18). The molecule has 2 aromatic heterocycles. The van der Waals surface area contributed by atoms with Crippen LogP contribution in [0.25, 0.3) is 22.4 Å². The molecule has 0 bridgehead atoms. The van der Waals surface area contributed by atoms with E-state index in [4.69, 9.17) is 6.42 Å². The van der Waals surface area contributed by atoms with Crippen molar-refractivity contribution in [3.05, 3.63) is 36.7 Å². The minimum Gasteiger partial charge on any atom is -0.337 e. The van der Waals surface area contributed by atoms with E-state index < -0.39 is 10.8 Å². The summed E-state index contributed by atoms with van der Waals surface area (Å²) in [7, 11) is -1.24. The third-order valence-electron chi connectivity index (χ3n) is 2.80. The van der Waals surface area contributed by atoms with Crippen molar-refractivity contribution in [2.24, 2.45) is 0 Å². The van der Waals surface area contributed by atoms with Crippen molar-refractivity contribution in [3.63, 3.8) is 0 Å². The molecule has 1 unspecified atom stereocenters. The fraction of sp³-hybridized carbons (Fsp3) is 0.0714. The van der Waals surface area contributed by atoms with Gasteiger partial charge in [0.25, 0.3) is 0 Å². The number of hydrogen-bond acceptors (Lipinski definition) is 4. The van der Waals surface area contributed by atoms with Gasteiger partial charge in [0.1, 0.15) is 11.3 Å². The van der Waals surface area contributed by atoms with Gasteiger partial charge >= 0.3 is 0 Å². The van der Waals surface area contributed by atoms with Gasteiger partial charge in [-0.15, -0.1) is 6.42 Å². The molecular weight excluding hydrogens is 272 g/mol. The zero-order valence-electron chi connectivity index (χ0n) is 10.4. The molecule has 0 fully saturated rings. The molecular formula is C14H10N4OS. The molecule has 0 spiro atoms. The number of aromatic nitrogens is 4. The van der Waals surface area contributed by atoms with E-state index in [1.807, 2.05) is 18.2 Å². The Hall–Kier alpha value is -2.52. The molecule has 0 aliphatic carbocycles. The van der Waals surface area contributed by atoms with Crippen LogP contribution >= 0.6 is 0 Å². The number of nitrogens with one attached hydrogen (secondary N) is 1. The van der Waals surface area contributed by atoms with E-state index in [0.29, 0.717) is 16.2 Å². The summed E-state index contributed by atoms with van der Waals surface area (Å²) >= 11 is 0. The molecule has 1 aromatic carbocycles. The number of nitrogens with zero attached hydrogens (tertiary/aromatic N) is 3. The molecule has 2 heterocycles. The summed E-state index contributed by atoms with van der Waals surface area (Å²) in [5.74, 6) is 3.24. The van der Waals surface area contributed by atoms with Gasteiger partial charge in [0.15, 0.2) is 0 Å². The van der Waals surface area contributed by atoms with Crippen molar-refractivity contribution >= 4 is 21.8 Å². The Morgan fingerprint density at radius 2 is 2.05 bits per heavy atom. The van der Waals surface area contributed by atoms with Crippen molar-refractivity contribution in [3.8, 4) is 23.7 Å². The van der Waals surface area contributed by atoms with E-state index in [-0.39, 0.29) is 5.75 Å². The number of terminal acetylenes is 1. The molecule has 0 aliphatic heterocycles. The van der Waals surface area contributed by atoms with Gasteiger partial charge in [0.2, 0.25) is 0 Å². The number of H-pyrrole nitrogens is 1. The van der Waals surface area contributed by atoms with Crippen molar-refractivity contribution in [2.45, 2.75) is 4.90 Å². The van der Waals surface area contributed by atoms with Gasteiger partial charge in [0.05, 0.1) is 39.4 Å². The highest BCUT2D eigenvalue weighted by molar-refractivity contribution is 7.85. The second-order valence-corrected chi connectivity index (χ2v) is 5.48. The van der Waals surface area contributed by atoms with Crippen LogP contribution in [-0.2, 0) is 10.8 Å². The second-order valence-electron chi connectivity index (χ2n) is 4.06. The summed E-state index contributed by atoms with van der Waals surface area (Å²) in [6, 6.07) is 7.36. The van der Waals surface area contributed by atoms with Crippen LogP contribution in [0.5, 0.6) is 0 Å². The molecule has 3 aromatic rings. The molecule has 0 aliphatic rings. The zero-order chi connectivity index (χ0) is 13.9. The van der Waals surface area contributed by atoms with Crippen LogP contribution in [0.4, 0.5) is 0 Å². The largest absolute Gasteiger partial charge is 0.337 e. The van der Waals surface area contributed by atoms with Crippen LogP contribution in [0.2, 0.25) is 0 Å². The first-order chi connectivity index (χ1) is 9.79. The summed E-state index contributed by atoms with van der Waals surface area (Å²) in [6.07, 6.45) is 8.42. The Morgan fingerprint density at radius 1 is 1.25 bits per heavy atom. The summed E-state index contributed by atoms with van der Waals surface area (Å²) in [5.41, 5.74) is 2.28. The van der Waals surface area contributed by atoms with Gasteiger partial charge in [-0.05, 0) is 6.07 Å². The average molecular weight is 282 g/mol. The molecule has 0 amide bonds. The maximum Gasteiger partial charge on any atom is 0.139 e. The van der Waals surface area contributed by atoms with Gasteiger partial charge < -0.3 is 4.98 Å². The van der Waals surface area contributed by atoms with Crippen LogP contribution in [0.3, 0.4) is 0 Å². The van der Waals surface area contributed by atoms with Gasteiger partial charge in [-0.2, -0.15) is 10.2 Å². The number of benzene rings is 1. The number of hydrogen-bond donors (Lipinski definition) is 1. The van der Waals surface area contributed by atoms with E-state index in [1.54, 1.807) is 18.5 Å². The molecule has 0 saturated heterocycles. The number of imidazole rings is 1. The first-order valence-electron chi connectivity index (χ1n) is 5.87. The van der Waals surface area contributed by atoms with Crippen LogP contribution < -0.4 is 0 Å². The minimum atomic E-state index is -1.24. The molecule has 0 saturated carbocycles. The molecule has 0 radical (unpaired) electrons. The smallest absolute Gasteiger partial charge is 0.139 e. The lowest BCUT2D eigenvalue weighted by molar-refractivity contribution is 0.685. The first-order valence-corrected chi connectivity index (χ1v) is 7.19. The zero-order valence-corrected chi connectivity index (χ0v) is 11.2. The topological polar surface area (TPSA) is 71.5 Å². The predicted octanol–water partition coefficient (Wildman–Crippen LogP) is 1.76. The van der Waals surface area contributed by atoms with Gasteiger partial charge in [0, 0.05) is 5.56 Å². The van der Waals surface area contributed by atoms with Crippen molar-refractivity contribution in [1.82, 2.24) is 20.2 Å². The Kier molecular flexibility index (Phi) is 3.27. The molecule has 1 atom stereocenters. The van der Waals surface area contributed by atoms with Crippen LogP contribution in [-0.4, -0.2) is 30.1 Å². The van der Waals surface area contributed by atoms with E-state index in [0.717, 1.165) is 11.1 Å². The number of fused-ring (bicyclic) bond motifs is 1. The van der Waals surface area contributed by atoms with E-state index in [1.165, 1.54) is 0 Å². The van der Waals surface area contributed by atoms with Gasteiger partial charge in [-0.25, -0.2) is 4.98 Å². The maximum atomic E-state index is 12.2. The highest BCUT2D eigenvalue weighted by Crippen LogP contribution is 2.25. The average Bonchev–Trinajstić information content (AvgIpc) is 2.91. The second kappa shape index (κ2) is 5.23. The van der Waals surface area contributed by atoms with Crippen LogP contribution in [0, 0.1) is 12.3 Å². The number of rotatable bonds is 3. The first kappa shape index (κ1) is 12.5. The summed E-state index contributed by atoms with van der Waals surface area (Å²) in [4.78, 5) is 8.26. The van der Waals surface area contributed by atoms with E-state index in [2.05, 4.69) is 26.1 Å². The lowest BCUT2D eigenvalue weighted by Gasteiger charge is -2.04. The van der Waals surface area contributed by atoms with Gasteiger partial charge in [-0.1, -0.05) is 24.1 Å². The molecule has 98 valence electrons. The fourth-order valence-corrected chi connectivity index (χ4v) is 2.87. The molecule has 5 nitrogen and oxygen atoms in total. The van der Waals surface area contributed by atoms with Crippen molar-refractivity contribution < 1.29 is 4.21 Å². The van der Waals surface area contributed by atoms with Gasteiger partial charge in [-0.3, -0.25) is 4.21 Å². The van der Waals surface area contributed by atoms with Crippen molar-refractivity contribution in [1.29, 1.82) is 0 Å². The summed E-state index contributed by atoms with van der Waals surface area (Å²) in [5, 5.41) is 7.59. The lowest BCUT2D eigenvalue weighted by atomic mass is 10.2. The molecule has 20 heavy (non-hydrogen) atoms. The van der Waals surface area contributed by atoms with E-state index in [9.17, 15) is 4.21 Å². The minimum absolute atomic E-state index is 0.181. The van der Waals surface area contributed by atoms with Crippen LogP contribution in [0.1, 0.15) is 0 Å². The Balaban J connectivity index is 2.14. The maximum absolute atomic E-state index is 12.2. The third kappa shape index (κ3) is 2.19. The predicted molar refractivity (Wildman–Crippen MR) is 77.2 cm³/mol. The SMILES string of the molecule is C#CCS(=O)c1ccccc1-c1nc2cnncc2[nH]1. The summed E-state index contributed by atoms with van der Waals surface area (Å²) < 4.78 is 12.2. The Bertz CT molecular complexity index is 801. The molecule has 3 rings (SSSR count). The Labute approximate surface area is 117 Å². The third-order valence-corrected chi connectivity index (χ3v) is 4.07. The lowest BCUT2D eigenvalue weighted by Crippen LogP contribution is -1.98. The quantitative estimate of drug-likeness (QED) is 0.743. The summed E-state index contributed by atoms with van der Waals surface area (Å²) in [6.45, 7) is 0. The van der Waals surface area contributed by atoms with E-state index >= 15 is 0 Å². The fourth-order valence-electron chi connectivity index (χ4n) is 1.92. The monoisotopic (exact) mass is 282 g/mol. The highest BCUT2D eigenvalue weighted by Gasteiger charge is 2.13.